The molecule has 0 N–H and O–H groups in total. The first kappa shape index (κ1) is 13.7. The van der Waals surface area contributed by atoms with Gasteiger partial charge in [-0.3, -0.25) is 4.90 Å². The van der Waals surface area contributed by atoms with Crippen LogP contribution in [-0.2, 0) is 9.84 Å². The third-order valence-corrected chi connectivity index (χ3v) is 5.54. The van der Waals surface area contributed by atoms with Gasteiger partial charge in [0.2, 0.25) is 0 Å². The maximum Gasteiger partial charge on any atom is 0.164 e. The second kappa shape index (κ2) is 6.37. The van der Waals surface area contributed by atoms with Crippen LogP contribution < -0.4 is 0 Å². The number of rotatable bonds is 5. The fourth-order valence-electron chi connectivity index (χ4n) is 1.69. The maximum absolute atomic E-state index is 11.6. The minimum Gasteiger partial charge on any atom is -0.286 e. The van der Waals surface area contributed by atoms with Crippen molar-refractivity contribution in [2.45, 2.75) is 18.2 Å². The molecular formula is C9H19NO2S3. The molecule has 0 aliphatic carbocycles. The van der Waals surface area contributed by atoms with E-state index in [0.29, 0.717) is 0 Å². The SMILES string of the molecule is CS(=O)(=O)C1CSCCN1CCCCS. The molecule has 0 saturated carbocycles. The van der Waals surface area contributed by atoms with Crippen molar-refractivity contribution in [1.82, 2.24) is 4.90 Å². The van der Waals surface area contributed by atoms with Crippen LogP contribution in [0.25, 0.3) is 0 Å². The Bertz CT molecular complexity index is 279. The molecule has 1 unspecified atom stereocenters. The van der Waals surface area contributed by atoms with Gasteiger partial charge < -0.3 is 0 Å². The van der Waals surface area contributed by atoms with Crippen LogP contribution in [-0.4, -0.2) is 55.3 Å². The first-order chi connectivity index (χ1) is 7.05. The van der Waals surface area contributed by atoms with E-state index in [2.05, 4.69) is 17.5 Å². The molecule has 1 rings (SSSR count). The number of thiol groups is 1. The summed E-state index contributed by atoms with van der Waals surface area (Å²) in [6.45, 7) is 1.79. The lowest BCUT2D eigenvalue weighted by atomic mass is 10.3. The van der Waals surface area contributed by atoms with Crippen molar-refractivity contribution < 1.29 is 8.42 Å². The molecule has 0 aromatic carbocycles. The van der Waals surface area contributed by atoms with E-state index in [1.807, 2.05) is 0 Å². The second-order valence-corrected chi connectivity index (χ2v) is 7.63. The highest BCUT2D eigenvalue weighted by molar-refractivity contribution is 8.00. The van der Waals surface area contributed by atoms with Gasteiger partial charge in [-0.1, -0.05) is 0 Å². The molecule has 1 heterocycles. The summed E-state index contributed by atoms with van der Waals surface area (Å²) in [5.74, 6) is 2.65. The van der Waals surface area contributed by atoms with E-state index in [1.165, 1.54) is 6.26 Å². The summed E-state index contributed by atoms with van der Waals surface area (Å²) in [5, 5.41) is -0.267. The Balaban J connectivity index is 2.51. The maximum atomic E-state index is 11.6. The van der Waals surface area contributed by atoms with Crippen LogP contribution in [0.3, 0.4) is 0 Å². The first-order valence-electron chi connectivity index (χ1n) is 5.17. The zero-order chi connectivity index (χ0) is 11.3. The Kier molecular flexibility index (Phi) is 5.81. The third-order valence-electron chi connectivity index (χ3n) is 2.54. The van der Waals surface area contributed by atoms with E-state index in [1.54, 1.807) is 11.8 Å². The number of nitrogens with zero attached hydrogens (tertiary/aromatic N) is 1. The van der Waals surface area contributed by atoms with Gasteiger partial charge in [0.15, 0.2) is 9.84 Å². The summed E-state index contributed by atoms with van der Waals surface area (Å²) in [7, 11) is -2.93. The zero-order valence-corrected chi connectivity index (χ0v) is 11.6. The molecular weight excluding hydrogens is 250 g/mol. The normalized spacial score (nSPS) is 24.3. The van der Waals surface area contributed by atoms with E-state index in [4.69, 9.17) is 0 Å². The van der Waals surface area contributed by atoms with Crippen molar-refractivity contribution in [3.05, 3.63) is 0 Å². The molecule has 1 saturated heterocycles. The lowest BCUT2D eigenvalue weighted by molar-refractivity contribution is 0.267. The summed E-state index contributed by atoms with van der Waals surface area (Å²) in [6, 6.07) is 0. The molecule has 0 amide bonds. The smallest absolute Gasteiger partial charge is 0.164 e. The predicted octanol–water partition coefficient (Wildman–Crippen LogP) is 1.12. The van der Waals surface area contributed by atoms with E-state index in [-0.39, 0.29) is 5.37 Å². The molecule has 1 aliphatic rings. The van der Waals surface area contributed by atoms with Crippen LogP contribution in [0.2, 0.25) is 0 Å². The summed E-state index contributed by atoms with van der Waals surface area (Å²) >= 11 is 5.89. The molecule has 1 fully saturated rings. The van der Waals surface area contributed by atoms with Crippen LogP contribution in [0.1, 0.15) is 12.8 Å². The van der Waals surface area contributed by atoms with Crippen LogP contribution in [0.4, 0.5) is 0 Å². The molecule has 0 aromatic rings. The van der Waals surface area contributed by atoms with Crippen molar-refractivity contribution in [1.29, 1.82) is 0 Å². The van der Waals surface area contributed by atoms with Crippen molar-refractivity contribution in [2.75, 3.05) is 36.6 Å². The van der Waals surface area contributed by atoms with Gasteiger partial charge in [-0.2, -0.15) is 24.4 Å². The Morgan fingerprint density at radius 2 is 2.20 bits per heavy atom. The predicted molar refractivity (Wildman–Crippen MR) is 70.6 cm³/mol. The van der Waals surface area contributed by atoms with Crippen LogP contribution in [0.15, 0.2) is 0 Å². The molecule has 15 heavy (non-hydrogen) atoms. The van der Waals surface area contributed by atoms with E-state index in [0.717, 1.165) is 43.2 Å². The highest BCUT2D eigenvalue weighted by Gasteiger charge is 2.30. The summed E-state index contributed by atoms with van der Waals surface area (Å²) in [5.41, 5.74) is 0. The van der Waals surface area contributed by atoms with E-state index < -0.39 is 9.84 Å². The van der Waals surface area contributed by atoms with Gasteiger partial charge in [0.1, 0.15) is 5.37 Å². The Morgan fingerprint density at radius 3 is 2.80 bits per heavy atom. The number of thioether (sulfide) groups is 1. The lowest BCUT2D eigenvalue weighted by Gasteiger charge is -2.33. The minimum atomic E-state index is -2.93. The summed E-state index contributed by atoms with van der Waals surface area (Å²) in [4.78, 5) is 2.11. The molecule has 1 atom stereocenters. The minimum absolute atomic E-state index is 0.267. The number of sulfone groups is 1. The summed E-state index contributed by atoms with van der Waals surface area (Å²) < 4.78 is 23.1. The lowest BCUT2D eigenvalue weighted by Crippen LogP contribution is -2.47. The van der Waals surface area contributed by atoms with Gasteiger partial charge >= 0.3 is 0 Å². The van der Waals surface area contributed by atoms with Gasteiger partial charge in [-0.25, -0.2) is 8.42 Å². The average Bonchev–Trinajstić information content (AvgIpc) is 2.17. The van der Waals surface area contributed by atoms with E-state index >= 15 is 0 Å². The fourth-order valence-corrected chi connectivity index (χ4v) is 4.89. The highest BCUT2D eigenvalue weighted by Crippen LogP contribution is 2.20. The standard InChI is InChI=1S/C9H19NO2S3/c1-15(11,12)9-8-14-7-5-10(9)4-2-3-6-13/h9,13H,2-8H2,1H3. The number of hydrogen-bond donors (Lipinski definition) is 1. The Labute approximate surface area is 102 Å². The fraction of sp³-hybridized carbons (Fsp3) is 1.00. The average molecular weight is 269 g/mol. The first-order valence-corrected chi connectivity index (χ1v) is 8.91. The largest absolute Gasteiger partial charge is 0.286 e. The number of unbranched alkanes of at least 4 members (excludes halogenated alkanes) is 1. The van der Waals surface area contributed by atoms with Crippen molar-refractivity contribution in [3.63, 3.8) is 0 Å². The second-order valence-electron chi connectivity index (χ2n) is 3.83. The highest BCUT2D eigenvalue weighted by atomic mass is 32.2. The van der Waals surface area contributed by atoms with Gasteiger partial charge in [-0.05, 0) is 25.1 Å². The van der Waals surface area contributed by atoms with Crippen LogP contribution in [0, 0.1) is 0 Å². The van der Waals surface area contributed by atoms with Gasteiger partial charge in [0.05, 0.1) is 0 Å². The van der Waals surface area contributed by atoms with Gasteiger partial charge in [0, 0.05) is 24.3 Å². The van der Waals surface area contributed by atoms with Crippen molar-refractivity contribution in [2.24, 2.45) is 0 Å². The number of hydrogen-bond acceptors (Lipinski definition) is 5. The molecule has 3 nitrogen and oxygen atoms in total. The van der Waals surface area contributed by atoms with Crippen LogP contribution >= 0.6 is 24.4 Å². The van der Waals surface area contributed by atoms with E-state index in [9.17, 15) is 8.42 Å². The van der Waals surface area contributed by atoms with Crippen molar-refractivity contribution in [3.8, 4) is 0 Å². The monoisotopic (exact) mass is 269 g/mol. The Hall–Kier alpha value is 0.610. The molecule has 0 radical (unpaired) electrons. The van der Waals surface area contributed by atoms with Gasteiger partial charge in [-0.15, -0.1) is 0 Å². The van der Waals surface area contributed by atoms with Crippen molar-refractivity contribution >= 4 is 34.2 Å². The third kappa shape index (κ3) is 4.54. The summed E-state index contributed by atoms with van der Waals surface area (Å²) in [6.07, 6.45) is 3.44. The quantitative estimate of drug-likeness (QED) is 0.599. The molecule has 0 spiro atoms. The topological polar surface area (TPSA) is 37.4 Å². The van der Waals surface area contributed by atoms with Gasteiger partial charge in [0.25, 0.3) is 0 Å². The molecule has 0 aromatic heterocycles. The molecule has 90 valence electrons. The zero-order valence-electron chi connectivity index (χ0n) is 9.05. The Morgan fingerprint density at radius 1 is 1.47 bits per heavy atom. The van der Waals surface area contributed by atoms with Crippen LogP contribution in [0.5, 0.6) is 0 Å². The molecule has 0 bridgehead atoms. The molecule has 1 aliphatic heterocycles. The molecule has 6 heteroatoms.